The van der Waals surface area contributed by atoms with Crippen molar-refractivity contribution in [3.8, 4) is 11.1 Å². The molecular weight excluding hydrogens is 311 g/mol. The fourth-order valence-electron chi connectivity index (χ4n) is 2.12. The van der Waals surface area contributed by atoms with E-state index in [4.69, 9.17) is 5.73 Å². The zero-order valence-corrected chi connectivity index (χ0v) is 11.2. The zero-order chi connectivity index (χ0) is 13.6. The van der Waals surface area contributed by atoms with E-state index in [-0.39, 0.29) is 5.91 Å². The van der Waals surface area contributed by atoms with E-state index >= 15 is 0 Å². The van der Waals surface area contributed by atoms with Crippen molar-refractivity contribution in [2.24, 2.45) is 4.99 Å². The first-order valence-electron chi connectivity index (χ1n) is 5.54. The van der Waals surface area contributed by atoms with Gasteiger partial charge in [0.05, 0.1) is 5.56 Å². The van der Waals surface area contributed by atoms with E-state index < -0.39 is 5.82 Å². The van der Waals surface area contributed by atoms with Gasteiger partial charge < -0.3 is 5.73 Å². The SMILES string of the molecule is Nc1ccc(-c2ccc(Br)c3c2C=NC3=O)c(F)c1. The van der Waals surface area contributed by atoms with Crippen LogP contribution in [0.4, 0.5) is 10.1 Å². The van der Waals surface area contributed by atoms with Crippen LogP contribution < -0.4 is 5.73 Å². The van der Waals surface area contributed by atoms with E-state index in [1.165, 1.54) is 12.3 Å². The second-order valence-corrected chi connectivity index (χ2v) is 5.04. The molecule has 1 aliphatic heterocycles. The van der Waals surface area contributed by atoms with Crippen molar-refractivity contribution in [2.75, 3.05) is 5.73 Å². The molecule has 1 aliphatic rings. The average molecular weight is 319 g/mol. The van der Waals surface area contributed by atoms with Crippen LogP contribution in [0.25, 0.3) is 11.1 Å². The molecule has 2 aromatic carbocycles. The summed E-state index contributed by atoms with van der Waals surface area (Å²) in [5.74, 6) is -0.739. The summed E-state index contributed by atoms with van der Waals surface area (Å²) in [7, 11) is 0. The number of carbonyl (C=O) groups is 1. The molecule has 3 rings (SSSR count). The Labute approximate surface area is 117 Å². The molecular formula is C14H8BrFN2O. The Balaban J connectivity index is 2.28. The van der Waals surface area contributed by atoms with Gasteiger partial charge in [0.2, 0.25) is 0 Å². The fraction of sp³-hybridized carbons (Fsp3) is 0. The molecule has 0 radical (unpaired) electrons. The minimum absolute atomic E-state index is 0.320. The van der Waals surface area contributed by atoms with Crippen molar-refractivity contribution in [2.45, 2.75) is 0 Å². The number of hydrogen-bond acceptors (Lipinski definition) is 2. The lowest BCUT2D eigenvalue weighted by Crippen LogP contribution is -1.98. The molecule has 2 aromatic rings. The largest absolute Gasteiger partial charge is 0.399 e. The Morgan fingerprint density at radius 3 is 2.63 bits per heavy atom. The minimum atomic E-state index is -0.419. The molecule has 19 heavy (non-hydrogen) atoms. The summed E-state index contributed by atoms with van der Waals surface area (Å²) in [5, 5.41) is 0. The van der Waals surface area contributed by atoms with Gasteiger partial charge in [-0.15, -0.1) is 0 Å². The number of nitrogens with two attached hydrogens (primary N) is 1. The molecule has 0 bridgehead atoms. The number of anilines is 1. The number of benzene rings is 2. The third-order valence-corrected chi connectivity index (χ3v) is 3.66. The highest BCUT2D eigenvalue weighted by Gasteiger charge is 2.23. The molecule has 1 heterocycles. The van der Waals surface area contributed by atoms with E-state index in [0.717, 1.165) is 0 Å². The van der Waals surface area contributed by atoms with Gasteiger partial charge >= 0.3 is 0 Å². The van der Waals surface area contributed by atoms with Crippen molar-refractivity contribution >= 4 is 33.7 Å². The Hall–Kier alpha value is -2.01. The van der Waals surface area contributed by atoms with Crippen LogP contribution in [0.2, 0.25) is 0 Å². The first-order valence-corrected chi connectivity index (χ1v) is 6.33. The summed E-state index contributed by atoms with van der Waals surface area (Å²) in [6.45, 7) is 0. The number of nitrogens with zero attached hydrogens (tertiary/aromatic N) is 1. The number of aliphatic imine (C=N–C) groups is 1. The Morgan fingerprint density at radius 2 is 1.89 bits per heavy atom. The van der Waals surface area contributed by atoms with Crippen molar-refractivity contribution < 1.29 is 9.18 Å². The highest BCUT2D eigenvalue weighted by molar-refractivity contribution is 9.10. The highest BCUT2D eigenvalue weighted by atomic mass is 79.9. The average Bonchev–Trinajstić information content (AvgIpc) is 2.74. The zero-order valence-electron chi connectivity index (χ0n) is 9.65. The van der Waals surface area contributed by atoms with Crippen LogP contribution in [0.5, 0.6) is 0 Å². The van der Waals surface area contributed by atoms with E-state index in [9.17, 15) is 9.18 Å². The molecule has 3 nitrogen and oxygen atoms in total. The maximum Gasteiger partial charge on any atom is 0.278 e. The maximum atomic E-state index is 14.0. The van der Waals surface area contributed by atoms with E-state index in [1.54, 1.807) is 24.3 Å². The summed E-state index contributed by atoms with van der Waals surface area (Å²) in [6, 6.07) is 7.96. The van der Waals surface area contributed by atoms with Gasteiger partial charge in [0.25, 0.3) is 5.91 Å². The molecule has 0 spiro atoms. The number of halogens is 2. The molecule has 94 valence electrons. The molecule has 0 unspecified atom stereocenters. The molecule has 1 amide bonds. The first kappa shape index (κ1) is 12.0. The normalized spacial score (nSPS) is 12.8. The maximum absolute atomic E-state index is 14.0. The lowest BCUT2D eigenvalue weighted by atomic mass is 9.96. The van der Waals surface area contributed by atoms with Gasteiger partial charge in [-0.1, -0.05) is 6.07 Å². The fourth-order valence-corrected chi connectivity index (χ4v) is 2.63. The quantitative estimate of drug-likeness (QED) is 0.819. The summed E-state index contributed by atoms with van der Waals surface area (Å²) >= 11 is 3.31. The predicted molar refractivity (Wildman–Crippen MR) is 75.9 cm³/mol. The summed E-state index contributed by atoms with van der Waals surface area (Å²) in [5.41, 5.74) is 8.02. The molecule has 2 N–H and O–H groups in total. The minimum Gasteiger partial charge on any atom is -0.399 e. The van der Waals surface area contributed by atoms with Crippen LogP contribution in [0.3, 0.4) is 0 Å². The lowest BCUT2D eigenvalue weighted by molar-refractivity contribution is 0.101. The van der Waals surface area contributed by atoms with Gasteiger partial charge in [-0.25, -0.2) is 9.38 Å². The van der Waals surface area contributed by atoms with Crippen molar-refractivity contribution in [3.63, 3.8) is 0 Å². The molecule has 0 aliphatic carbocycles. The Bertz CT molecular complexity index is 740. The number of rotatable bonds is 1. The number of nitrogen functional groups attached to an aromatic ring is 1. The van der Waals surface area contributed by atoms with Gasteiger partial charge in [0.1, 0.15) is 5.82 Å². The number of carbonyl (C=O) groups excluding carboxylic acids is 1. The van der Waals surface area contributed by atoms with Crippen molar-refractivity contribution in [1.82, 2.24) is 0 Å². The molecule has 0 saturated heterocycles. The molecule has 5 heteroatoms. The van der Waals surface area contributed by atoms with E-state index in [0.29, 0.717) is 32.4 Å². The predicted octanol–water partition coefficient (Wildman–Crippen LogP) is 3.41. The number of amides is 1. The Morgan fingerprint density at radius 1 is 1.16 bits per heavy atom. The molecule has 0 aromatic heterocycles. The van der Waals surface area contributed by atoms with Crippen molar-refractivity contribution in [3.05, 3.63) is 51.7 Å². The second-order valence-electron chi connectivity index (χ2n) is 4.19. The van der Waals surface area contributed by atoms with Crippen LogP contribution in [0.1, 0.15) is 15.9 Å². The van der Waals surface area contributed by atoms with Crippen LogP contribution in [0, 0.1) is 5.82 Å². The van der Waals surface area contributed by atoms with Crippen LogP contribution in [-0.4, -0.2) is 12.1 Å². The highest BCUT2D eigenvalue weighted by Crippen LogP contribution is 2.34. The summed E-state index contributed by atoms with van der Waals surface area (Å²) in [6.07, 6.45) is 1.47. The molecule has 0 fully saturated rings. The van der Waals surface area contributed by atoms with Crippen LogP contribution in [-0.2, 0) is 0 Å². The van der Waals surface area contributed by atoms with E-state index in [1.807, 2.05) is 0 Å². The third kappa shape index (κ3) is 1.86. The first-order chi connectivity index (χ1) is 9.08. The number of hydrogen-bond donors (Lipinski definition) is 1. The van der Waals surface area contributed by atoms with Crippen LogP contribution in [0.15, 0.2) is 39.8 Å². The topological polar surface area (TPSA) is 55.4 Å². The third-order valence-electron chi connectivity index (χ3n) is 3.00. The smallest absolute Gasteiger partial charge is 0.278 e. The molecule has 0 saturated carbocycles. The monoisotopic (exact) mass is 318 g/mol. The van der Waals surface area contributed by atoms with Crippen molar-refractivity contribution in [1.29, 1.82) is 0 Å². The molecule has 0 atom stereocenters. The second kappa shape index (κ2) is 4.28. The van der Waals surface area contributed by atoms with Gasteiger partial charge in [0, 0.05) is 27.5 Å². The lowest BCUT2D eigenvalue weighted by Gasteiger charge is -2.09. The Kier molecular flexibility index (Phi) is 2.71. The van der Waals surface area contributed by atoms with Gasteiger partial charge in [-0.05, 0) is 45.8 Å². The van der Waals surface area contributed by atoms with Crippen LogP contribution >= 0.6 is 15.9 Å². The van der Waals surface area contributed by atoms with E-state index in [2.05, 4.69) is 20.9 Å². The van der Waals surface area contributed by atoms with Gasteiger partial charge in [-0.3, -0.25) is 4.79 Å². The standard InChI is InChI=1S/C14H8BrFN2O/c15-11-4-3-8(10-6-18-14(19)13(10)11)9-2-1-7(17)5-12(9)16/h1-6H,17H2. The summed E-state index contributed by atoms with van der Waals surface area (Å²) < 4.78 is 14.6. The van der Waals surface area contributed by atoms with Gasteiger partial charge in [0.15, 0.2) is 0 Å². The number of fused-ring (bicyclic) bond motifs is 1. The summed E-state index contributed by atoms with van der Waals surface area (Å²) in [4.78, 5) is 15.4. The van der Waals surface area contributed by atoms with Gasteiger partial charge in [-0.2, -0.15) is 0 Å².